The molecule has 0 spiro atoms. The summed E-state index contributed by atoms with van der Waals surface area (Å²) in [6, 6.07) is 0. The van der Waals surface area contributed by atoms with E-state index in [0.717, 1.165) is 10.6 Å². The van der Waals surface area contributed by atoms with Gasteiger partial charge in [0.05, 0.1) is 18.2 Å². The number of nitrogens with one attached hydrogen (secondary N) is 2. The van der Waals surface area contributed by atoms with Crippen molar-refractivity contribution in [3.63, 3.8) is 0 Å². The molecule has 0 atom stereocenters. The smallest absolute Gasteiger partial charge is 0.280 e. The predicted molar refractivity (Wildman–Crippen MR) is 61.0 cm³/mol. The van der Waals surface area contributed by atoms with E-state index in [2.05, 4.69) is 19.7 Å². The van der Waals surface area contributed by atoms with Gasteiger partial charge in [-0.15, -0.1) is 11.3 Å². The molecule has 16 heavy (non-hydrogen) atoms. The van der Waals surface area contributed by atoms with Crippen LogP contribution in [0.15, 0.2) is 17.6 Å². The van der Waals surface area contributed by atoms with Crippen LogP contribution in [-0.4, -0.2) is 23.4 Å². The minimum Gasteiger partial charge on any atom is -0.334 e. The third kappa shape index (κ3) is 2.07. The first-order valence-corrected chi connectivity index (χ1v) is 6.74. The van der Waals surface area contributed by atoms with Gasteiger partial charge in [-0.2, -0.15) is 8.42 Å². The molecular formula is C8H10N4O2S2. The third-order valence-electron chi connectivity index (χ3n) is 2.01. The van der Waals surface area contributed by atoms with Gasteiger partial charge < -0.3 is 4.98 Å². The van der Waals surface area contributed by atoms with Gasteiger partial charge in [-0.05, 0) is 13.8 Å². The Kier molecular flexibility index (Phi) is 2.68. The molecule has 86 valence electrons. The van der Waals surface area contributed by atoms with Crippen LogP contribution in [0.5, 0.6) is 0 Å². The normalized spacial score (nSPS) is 11.6. The molecule has 0 saturated heterocycles. The van der Waals surface area contributed by atoms with E-state index in [-0.39, 0.29) is 5.03 Å². The van der Waals surface area contributed by atoms with Gasteiger partial charge in [0, 0.05) is 4.88 Å². The molecule has 6 nitrogen and oxygen atoms in total. The Labute approximate surface area is 96.8 Å². The van der Waals surface area contributed by atoms with E-state index in [1.165, 1.54) is 23.9 Å². The van der Waals surface area contributed by atoms with Crippen LogP contribution in [0.1, 0.15) is 10.6 Å². The van der Waals surface area contributed by atoms with Gasteiger partial charge in [0.15, 0.2) is 10.2 Å². The molecule has 0 aliphatic heterocycles. The highest BCUT2D eigenvalue weighted by molar-refractivity contribution is 7.92. The molecule has 2 rings (SSSR count). The lowest BCUT2D eigenvalue weighted by molar-refractivity contribution is 0.598. The van der Waals surface area contributed by atoms with Crippen molar-refractivity contribution in [1.29, 1.82) is 0 Å². The van der Waals surface area contributed by atoms with Crippen LogP contribution < -0.4 is 4.72 Å². The van der Waals surface area contributed by atoms with Crippen LogP contribution in [0.3, 0.4) is 0 Å². The molecule has 0 aliphatic rings. The number of hydrogen-bond donors (Lipinski definition) is 2. The van der Waals surface area contributed by atoms with Gasteiger partial charge in [0.2, 0.25) is 0 Å². The maximum atomic E-state index is 11.8. The summed E-state index contributed by atoms with van der Waals surface area (Å²) in [5, 5.41) is 0.391. The Morgan fingerprint density at radius 3 is 2.69 bits per heavy atom. The highest BCUT2D eigenvalue weighted by Gasteiger charge is 2.17. The summed E-state index contributed by atoms with van der Waals surface area (Å²) in [6.45, 7) is 3.72. The van der Waals surface area contributed by atoms with E-state index in [1.54, 1.807) is 0 Å². The van der Waals surface area contributed by atoms with E-state index >= 15 is 0 Å². The highest BCUT2D eigenvalue weighted by atomic mass is 32.2. The van der Waals surface area contributed by atoms with Gasteiger partial charge in [-0.1, -0.05) is 0 Å². The van der Waals surface area contributed by atoms with Crippen molar-refractivity contribution in [2.24, 2.45) is 0 Å². The predicted octanol–water partition coefficient (Wildman–Crippen LogP) is 1.28. The van der Waals surface area contributed by atoms with E-state index in [4.69, 9.17) is 0 Å². The molecule has 0 bridgehead atoms. The van der Waals surface area contributed by atoms with Crippen molar-refractivity contribution in [1.82, 2.24) is 15.0 Å². The van der Waals surface area contributed by atoms with Crippen LogP contribution >= 0.6 is 11.3 Å². The number of rotatable bonds is 3. The summed E-state index contributed by atoms with van der Waals surface area (Å²) < 4.78 is 25.9. The fourth-order valence-corrected chi connectivity index (χ4v) is 3.03. The van der Waals surface area contributed by atoms with Crippen molar-refractivity contribution >= 4 is 26.5 Å². The Bertz CT molecular complexity index is 566. The van der Waals surface area contributed by atoms with Crippen LogP contribution in [-0.2, 0) is 10.0 Å². The molecule has 0 aromatic carbocycles. The quantitative estimate of drug-likeness (QED) is 0.868. The molecular weight excluding hydrogens is 248 g/mol. The van der Waals surface area contributed by atoms with Crippen molar-refractivity contribution in [2.45, 2.75) is 18.9 Å². The molecule has 2 heterocycles. The summed E-state index contributed by atoms with van der Waals surface area (Å²) in [7, 11) is -3.59. The Hall–Kier alpha value is -1.41. The number of anilines is 1. The van der Waals surface area contributed by atoms with Crippen LogP contribution in [0, 0.1) is 13.8 Å². The van der Waals surface area contributed by atoms with Crippen LogP contribution in [0.25, 0.3) is 0 Å². The van der Waals surface area contributed by atoms with Gasteiger partial charge in [0.1, 0.15) is 0 Å². The molecule has 2 aromatic heterocycles. The molecule has 0 saturated carbocycles. The first kappa shape index (κ1) is 11.1. The minimum absolute atomic E-state index is 0.0259. The van der Waals surface area contributed by atoms with Gasteiger partial charge >= 0.3 is 0 Å². The van der Waals surface area contributed by atoms with Crippen molar-refractivity contribution in [3.05, 3.63) is 23.1 Å². The summed E-state index contributed by atoms with van der Waals surface area (Å²) in [5.74, 6) is 0. The number of nitrogens with zero attached hydrogens (tertiary/aromatic N) is 2. The maximum Gasteiger partial charge on any atom is 0.280 e. The van der Waals surface area contributed by atoms with E-state index in [1.807, 2.05) is 13.8 Å². The molecule has 0 aliphatic carbocycles. The fourth-order valence-electron chi connectivity index (χ4n) is 1.08. The number of aromatic amines is 1. The SMILES string of the molecule is Cc1nc(NS(=O)(=O)c2cnc[nH]2)sc1C. The van der Waals surface area contributed by atoms with Crippen molar-refractivity contribution in [3.8, 4) is 0 Å². The van der Waals surface area contributed by atoms with Crippen LogP contribution in [0.2, 0.25) is 0 Å². The summed E-state index contributed by atoms with van der Waals surface area (Å²) in [5.41, 5.74) is 0.826. The first-order chi connectivity index (χ1) is 7.49. The number of imidazole rings is 1. The number of sulfonamides is 1. The molecule has 2 aromatic rings. The number of aryl methyl sites for hydroxylation is 2. The molecule has 2 N–H and O–H groups in total. The third-order valence-corrected chi connectivity index (χ3v) is 4.39. The first-order valence-electron chi connectivity index (χ1n) is 4.44. The Morgan fingerprint density at radius 2 is 2.19 bits per heavy atom. The summed E-state index contributed by atoms with van der Waals surface area (Å²) >= 11 is 1.30. The average molecular weight is 258 g/mol. The fraction of sp³-hybridized carbons (Fsp3) is 0.250. The van der Waals surface area contributed by atoms with Gasteiger partial charge in [-0.25, -0.2) is 9.97 Å². The standard InChI is InChI=1S/C8H10N4O2S2/c1-5-6(2)15-8(11-5)12-16(13,14)7-3-9-4-10-7/h3-4H,1-2H3,(H,9,10)(H,11,12). The van der Waals surface area contributed by atoms with Gasteiger partial charge in [0.25, 0.3) is 10.0 Å². The van der Waals surface area contributed by atoms with Crippen molar-refractivity contribution < 1.29 is 8.42 Å². The number of thiazole rings is 1. The number of hydrogen-bond acceptors (Lipinski definition) is 5. The number of aromatic nitrogens is 3. The average Bonchev–Trinajstić information content (AvgIpc) is 2.77. The number of H-pyrrole nitrogens is 1. The lowest BCUT2D eigenvalue weighted by Crippen LogP contribution is -2.13. The maximum absolute atomic E-state index is 11.8. The second kappa shape index (κ2) is 3.87. The monoisotopic (exact) mass is 258 g/mol. The zero-order valence-electron chi connectivity index (χ0n) is 8.68. The molecule has 0 unspecified atom stereocenters. The second-order valence-corrected chi connectivity index (χ2v) is 6.04. The molecule has 0 amide bonds. The van der Waals surface area contributed by atoms with E-state index in [0.29, 0.717) is 5.13 Å². The Balaban J connectivity index is 2.28. The lowest BCUT2D eigenvalue weighted by Gasteiger charge is -2.00. The van der Waals surface area contributed by atoms with Gasteiger partial charge in [-0.3, -0.25) is 4.72 Å². The summed E-state index contributed by atoms with van der Waals surface area (Å²) in [4.78, 5) is 11.3. The summed E-state index contributed by atoms with van der Waals surface area (Å²) in [6.07, 6.45) is 2.56. The molecule has 8 heteroatoms. The topological polar surface area (TPSA) is 87.7 Å². The molecule has 0 fully saturated rings. The minimum atomic E-state index is -3.59. The largest absolute Gasteiger partial charge is 0.334 e. The van der Waals surface area contributed by atoms with E-state index < -0.39 is 10.0 Å². The Morgan fingerprint density at radius 1 is 1.44 bits per heavy atom. The van der Waals surface area contributed by atoms with Crippen molar-refractivity contribution in [2.75, 3.05) is 4.72 Å². The molecule has 0 radical (unpaired) electrons. The zero-order chi connectivity index (χ0) is 11.8. The lowest BCUT2D eigenvalue weighted by atomic mass is 10.4. The highest BCUT2D eigenvalue weighted by Crippen LogP contribution is 2.23. The zero-order valence-corrected chi connectivity index (χ0v) is 10.3. The van der Waals surface area contributed by atoms with Crippen LogP contribution in [0.4, 0.5) is 5.13 Å². The van der Waals surface area contributed by atoms with E-state index in [9.17, 15) is 8.42 Å². The second-order valence-electron chi connectivity index (χ2n) is 3.18.